The molecule has 0 aromatic heterocycles. The molecule has 1 fully saturated rings. The zero-order chi connectivity index (χ0) is 14.0. The molecule has 19 heavy (non-hydrogen) atoms. The van der Waals surface area contributed by atoms with E-state index < -0.39 is 15.3 Å². The lowest BCUT2D eigenvalue weighted by molar-refractivity contribution is 0.0573. The number of primary sulfonamides is 1. The molecule has 2 unspecified atom stereocenters. The lowest BCUT2D eigenvalue weighted by Gasteiger charge is -2.30. The lowest BCUT2D eigenvalue weighted by atomic mass is 9.93. The van der Waals surface area contributed by atoms with Gasteiger partial charge in [-0.05, 0) is 30.5 Å². The fourth-order valence-electron chi connectivity index (χ4n) is 2.37. The smallest absolute Gasteiger partial charge is 0.212 e. The zero-order valence-electron chi connectivity index (χ0n) is 10.2. The quantitative estimate of drug-likeness (QED) is 0.927. The van der Waals surface area contributed by atoms with Crippen LogP contribution in [0.5, 0.6) is 0 Å². The Hall–Kier alpha value is -0.330. The molecule has 1 aromatic rings. The highest BCUT2D eigenvalue weighted by Crippen LogP contribution is 2.28. The highest BCUT2D eigenvalue weighted by molar-refractivity contribution is 7.89. The molecule has 1 heterocycles. The van der Waals surface area contributed by atoms with Crippen LogP contribution in [0, 0.1) is 5.92 Å². The number of benzene rings is 1. The minimum Gasteiger partial charge on any atom is -0.381 e. The van der Waals surface area contributed by atoms with Gasteiger partial charge in [-0.1, -0.05) is 29.3 Å². The fourth-order valence-corrected chi connectivity index (χ4v) is 3.99. The molecule has 106 valence electrons. The van der Waals surface area contributed by atoms with Gasteiger partial charge in [0.1, 0.15) is 0 Å². The van der Waals surface area contributed by atoms with Crippen LogP contribution >= 0.6 is 23.2 Å². The maximum absolute atomic E-state index is 11.6. The molecule has 0 saturated carbocycles. The molecule has 1 saturated heterocycles. The summed E-state index contributed by atoms with van der Waals surface area (Å²) in [6.07, 6.45) is 0.936. The average Bonchev–Trinajstić information content (AvgIpc) is 2.32. The molecule has 7 heteroatoms. The predicted molar refractivity (Wildman–Crippen MR) is 76.0 cm³/mol. The number of nitrogens with two attached hydrogens (primary N) is 1. The Morgan fingerprint density at radius 1 is 1.37 bits per heavy atom. The van der Waals surface area contributed by atoms with Gasteiger partial charge in [-0.3, -0.25) is 0 Å². The Bertz CT molecular complexity index is 562. The van der Waals surface area contributed by atoms with Crippen molar-refractivity contribution >= 4 is 33.2 Å². The molecule has 1 aliphatic rings. The van der Waals surface area contributed by atoms with E-state index in [-0.39, 0.29) is 5.92 Å². The number of sulfonamides is 1. The van der Waals surface area contributed by atoms with E-state index in [0.717, 1.165) is 5.56 Å². The molecule has 4 nitrogen and oxygen atoms in total. The Morgan fingerprint density at radius 2 is 2.11 bits per heavy atom. The van der Waals surface area contributed by atoms with Gasteiger partial charge in [-0.25, -0.2) is 13.6 Å². The number of ether oxygens (including phenoxy) is 1. The van der Waals surface area contributed by atoms with Crippen molar-refractivity contribution < 1.29 is 13.2 Å². The third-order valence-corrected chi connectivity index (χ3v) is 5.38. The first-order chi connectivity index (χ1) is 8.88. The second-order valence-electron chi connectivity index (χ2n) is 4.69. The third-order valence-electron chi connectivity index (χ3n) is 3.32. The molecule has 1 aromatic carbocycles. The molecule has 0 radical (unpaired) electrons. The van der Waals surface area contributed by atoms with Crippen LogP contribution in [0.3, 0.4) is 0 Å². The summed E-state index contributed by atoms with van der Waals surface area (Å²) in [6, 6.07) is 5.19. The SMILES string of the molecule is NS(=O)(=O)C1CCOCC1Cc1ccc(Cl)cc1Cl. The van der Waals surface area contributed by atoms with E-state index in [4.69, 9.17) is 33.1 Å². The number of halogens is 2. The van der Waals surface area contributed by atoms with E-state index in [1.807, 2.05) is 0 Å². The Balaban J connectivity index is 2.20. The van der Waals surface area contributed by atoms with E-state index in [1.165, 1.54) is 0 Å². The Morgan fingerprint density at radius 3 is 2.74 bits per heavy atom. The summed E-state index contributed by atoms with van der Waals surface area (Å²) < 4.78 is 28.5. The molecule has 2 atom stereocenters. The highest BCUT2D eigenvalue weighted by atomic mass is 35.5. The van der Waals surface area contributed by atoms with E-state index >= 15 is 0 Å². The first-order valence-electron chi connectivity index (χ1n) is 5.91. The standard InChI is InChI=1S/C12H15Cl2NO3S/c13-10-2-1-8(11(14)6-10)5-9-7-18-4-3-12(9)19(15,16)17/h1-2,6,9,12H,3-5,7H2,(H2,15,16,17). The fraction of sp³-hybridized carbons (Fsp3) is 0.500. The highest BCUT2D eigenvalue weighted by Gasteiger charge is 2.34. The molecule has 0 amide bonds. The molecule has 2 N–H and O–H groups in total. The maximum atomic E-state index is 11.6. The molecular weight excluding hydrogens is 309 g/mol. The van der Waals surface area contributed by atoms with Crippen LogP contribution in [-0.4, -0.2) is 26.9 Å². The summed E-state index contributed by atoms with van der Waals surface area (Å²) >= 11 is 11.9. The lowest BCUT2D eigenvalue weighted by Crippen LogP contribution is -2.42. The molecule has 2 rings (SSSR count). The molecule has 0 aliphatic carbocycles. The van der Waals surface area contributed by atoms with Crippen LogP contribution in [0.4, 0.5) is 0 Å². The van der Waals surface area contributed by atoms with Crippen molar-refractivity contribution in [3.8, 4) is 0 Å². The van der Waals surface area contributed by atoms with Crippen molar-refractivity contribution in [1.29, 1.82) is 0 Å². The first-order valence-corrected chi connectivity index (χ1v) is 8.28. The van der Waals surface area contributed by atoms with Crippen LogP contribution < -0.4 is 5.14 Å². The minimum absolute atomic E-state index is 0.178. The Labute approximate surface area is 122 Å². The Kier molecular flexibility index (Phi) is 4.74. The van der Waals surface area contributed by atoms with E-state index in [2.05, 4.69) is 0 Å². The van der Waals surface area contributed by atoms with Crippen molar-refractivity contribution in [2.75, 3.05) is 13.2 Å². The van der Waals surface area contributed by atoms with Crippen molar-refractivity contribution in [1.82, 2.24) is 0 Å². The van der Waals surface area contributed by atoms with Crippen molar-refractivity contribution in [3.63, 3.8) is 0 Å². The second-order valence-corrected chi connectivity index (χ2v) is 7.32. The second kappa shape index (κ2) is 5.97. The van der Waals surface area contributed by atoms with Crippen LogP contribution in [0.2, 0.25) is 10.0 Å². The van der Waals surface area contributed by atoms with Crippen LogP contribution in [0.1, 0.15) is 12.0 Å². The monoisotopic (exact) mass is 323 g/mol. The summed E-state index contributed by atoms with van der Waals surface area (Å²) in [4.78, 5) is 0. The number of hydrogen-bond donors (Lipinski definition) is 1. The van der Waals surface area contributed by atoms with E-state index in [1.54, 1.807) is 18.2 Å². The predicted octanol–water partition coefficient (Wildman–Crippen LogP) is 2.23. The van der Waals surface area contributed by atoms with Gasteiger partial charge >= 0.3 is 0 Å². The van der Waals surface area contributed by atoms with Gasteiger partial charge in [0.25, 0.3) is 0 Å². The van der Waals surface area contributed by atoms with Crippen molar-refractivity contribution in [3.05, 3.63) is 33.8 Å². The normalized spacial score (nSPS) is 24.4. The van der Waals surface area contributed by atoms with E-state index in [9.17, 15) is 8.42 Å². The maximum Gasteiger partial charge on any atom is 0.212 e. The molecular formula is C12H15Cl2NO3S. The van der Waals surface area contributed by atoms with Crippen LogP contribution in [-0.2, 0) is 21.2 Å². The number of rotatable bonds is 3. The molecule has 1 aliphatic heterocycles. The largest absolute Gasteiger partial charge is 0.381 e. The summed E-state index contributed by atoms with van der Waals surface area (Å²) in [7, 11) is -3.57. The van der Waals surface area contributed by atoms with Gasteiger partial charge < -0.3 is 4.74 Å². The van der Waals surface area contributed by atoms with Gasteiger partial charge in [0.05, 0.1) is 11.9 Å². The number of hydrogen-bond acceptors (Lipinski definition) is 3. The summed E-state index contributed by atoms with van der Waals surface area (Å²) in [5, 5.41) is 5.79. The van der Waals surface area contributed by atoms with Crippen LogP contribution in [0.25, 0.3) is 0 Å². The van der Waals surface area contributed by atoms with Gasteiger partial charge in [0.15, 0.2) is 0 Å². The van der Waals surface area contributed by atoms with Gasteiger partial charge in [-0.15, -0.1) is 0 Å². The summed E-state index contributed by atoms with van der Waals surface area (Å²) in [5.41, 5.74) is 0.857. The van der Waals surface area contributed by atoms with Gasteiger partial charge in [0, 0.05) is 22.6 Å². The van der Waals surface area contributed by atoms with Crippen LogP contribution in [0.15, 0.2) is 18.2 Å². The third kappa shape index (κ3) is 3.83. The summed E-state index contributed by atoms with van der Waals surface area (Å²) in [5.74, 6) is -0.178. The first kappa shape index (κ1) is 15.1. The van der Waals surface area contributed by atoms with Gasteiger partial charge in [-0.2, -0.15) is 0 Å². The molecule has 0 bridgehead atoms. The van der Waals surface area contributed by atoms with Crippen molar-refractivity contribution in [2.45, 2.75) is 18.1 Å². The topological polar surface area (TPSA) is 69.4 Å². The average molecular weight is 324 g/mol. The van der Waals surface area contributed by atoms with Gasteiger partial charge in [0.2, 0.25) is 10.0 Å². The minimum atomic E-state index is -3.57. The summed E-state index contributed by atoms with van der Waals surface area (Å²) in [6.45, 7) is 0.798. The van der Waals surface area contributed by atoms with Crippen molar-refractivity contribution in [2.24, 2.45) is 11.1 Å². The molecule has 0 spiro atoms. The van der Waals surface area contributed by atoms with E-state index in [0.29, 0.717) is 36.1 Å². The zero-order valence-corrected chi connectivity index (χ0v) is 12.5.